The minimum absolute atomic E-state index is 0.483. The summed E-state index contributed by atoms with van der Waals surface area (Å²) in [6.07, 6.45) is 6.26. The van der Waals surface area contributed by atoms with E-state index in [2.05, 4.69) is 42.8 Å². The summed E-state index contributed by atoms with van der Waals surface area (Å²) >= 11 is 0. The van der Waals surface area contributed by atoms with Gasteiger partial charge < -0.3 is 14.5 Å². The molecule has 8 nitrogen and oxygen atoms in total. The lowest BCUT2D eigenvalue weighted by molar-refractivity contribution is 0.395. The van der Waals surface area contributed by atoms with Gasteiger partial charge in [-0.1, -0.05) is 0 Å². The molecule has 0 amide bonds. The van der Waals surface area contributed by atoms with Crippen molar-refractivity contribution in [3.8, 4) is 5.88 Å². The van der Waals surface area contributed by atoms with Gasteiger partial charge in [-0.3, -0.25) is 0 Å². The molecule has 0 atom stereocenters. The summed E-state index contributed by atoms with van der Waals surface area (Å²) in [4.78, 5) is 18.3. The van der Waals surface area contributed by atoms with Gasteiger partial charge in [0.25, 0.3) is 0 Å². The van der Waals surface area contributed by atoms with Gasteiger partial charge in [-0.05, 0) is 39.5 Å². The van der Waals surface area contributed by atoms with Gasteiger partial charge in [-0.15, -0.1) is 0 Å². The monoisotopic (exact) mass is 393 g/mol. The van der Waals surface area contributed by atoms with Crippen LogP contribution >= 0.6 is 0 Å². The molecule has 152 valence electrons. The number of rotatable bonds is 5. The van der Waals surface area contributed by atoms with Crippen molar-refractivity contribution >= 4 is 17.3 Å². The van der Waals surface area contributed by atoms with E-state index in [0.29, 0.717) is 18.0 Å². The molecule has 8 heteroatoms. The fraction of sp³-hybridized carbons (Fsp3) is 0.524. The van der Waals surface area contributed by atoms with E-state index < -0.39 is 0 Å². The molecule has 4 heterocycles. The second kappa shape index (κ2) is 7.17. The Labute approximate surface area is 170 Å². The lowest BCUT2D eigenvalue weighted by Gasteiger charge is -2.40. The van der Waals surface area contributed by atoms with E-state index in [9.17, 15) is 0 Å². The molecule has 2 fully saturated rings. The van der Waals surface area contributed by atoms with Gasteiger partial charge in [-0.2, -0.15) is 9.61 Å². The van der Waals surface area contributed by atoms with E-state index in [-0.39, 0.29) is 0 Å². The average Bonchev–Trinajstić information content (AvgIpc) is 3.49. The maximum Gasteiger partial charge on any atom is 0.218 e. The average molecular weight is 393 g/mol. The second-order valence-electron chi connectivity index (χ2n) is 8.09. The number of hydrogen-bond donors (Lipinski definition) is 0. The zero-order valence-electron chi connectivity index (χ0n) is 17.2. The minimum atomic E-state index is 0.483. The molecule has 1 aliphatic heterocycles. The Morgan fingerprint density at radius 1 is 0.966 bits per heavy atom. The first-order valence-corrected chi connectivity index (χ1v) is 10.4. The number of hydrogen-bond acceptors (Lipinski definition) is 7. The Bertz CT molecular complexity index is 1020. The molecule has 1 saturated carbocycles. The first-order chi connectivity index (χ1) is 14.1. The third-order valence-corrected chi connectivity index (χ3v) is 5.88. The Morgan fingerprint density at radius 3 is 2.45 bits per heavy atom. The van der Waals surface area contributed by atoms with Crippen molar-refractivity contribution in [1.82, 2.24) is 24.6 Å². The van der Waals surface area contributed by atoms with Crippen molar-refractivity contribution in [3.63, 3.8) is 0 Å². The summed E-state index contributed by atoms with van der Waals surface area (Å²) in [6.45, 7) is 6.06. The minimum Gasteiger partial charge on any atom is -0.481 e. The molecule has 0 spiro atoms. The van der Waals surface area contributed by atoms with Crippen LogP contribution in [0.2, 0.25) is 0 Å². The summed E-state index contributed by atoms with van der Waals surface area (Å²) in [7, 11) is 1.65. The third kappa shape index (κ3) is 3.47. The van der Waals surface area contributed by atoms with Crippen molar-refractivity contribution in [1.29, 1.82) is 0 Å². The van der Waals surface area contributed by atoms with Gasteiger partial charge in [0.15, 0.2) is 5.65 Å². The van der Waals surface area contributed by atoms with Crippen molar-refractivity contribution in [2.45, 2.75) is 51.6 Å². The summed E-state index contributed by atoms with van der Waals surface area (Å²) in [5.74, 6) is 2.75. The highest BCUT2D eigenvalue weighted by atomic mass is 16.5. The van der Waals surface area contributed by atoms with E-state index in [4.69, 9.17) is 4.74 Å². The highest BCUT2D eigenvalue weighted by Crippen LogP contribution is 2.36. The Hall–Kier alpha value is -2.90. The molecule has 0 N–H and O–H groups in total. The van der Waals surface area contributed by atoms with Gasteiger partial charge in [0.2, 0.25) is 5.88 Å². The third-order valence-electron chi connectivity index (χ3n) is 5.88. The molecular formula is C21H27N7O. The Balaban J connectivity index is 1.37. The first-order valence-electron chi connectivity index (χ1n) is 10.4. The smallest absolute Gasteiger partial charge is 0.218 e. The standard InChI is InChI=1S/C21H27N7O/c1-14-11-21(28-19(24-14)10-15(2)25-28)26-8-6-17(7-9-26)27(16-4-5-16)18-12-20(29-3)23-13-22-18/h10-13,16-17H,4-9H2,1-3H3. The highest BCUT2D eigenvalue weighted by Gasteiger charge is 2.37. The largest absolute Gasteiger partial charge is 0.481 e. The number of methoxy groups -OCH3 is 1. The predicted molar refractivity (Wildman–Crippen MR) is 112 cm³/mol. The van der Waals surface area contributed by atoms with Crippen LogP contribution in [0.3, 0.4) is 0 Å². The lowest BCUT2D eigenvalue weighted by Crippen LogP contribution is -2.47. The van der Waals surface area contributed by atoms with Crippen LogP contribution in [0, 0.1) is 13.8 Å². The second-order valence-corrected chi connectivity index (χ2v) is 8.09. The van der Waals surface area contributed by atoms with E-state index in [1.165, 1.54) is 12.8 Å². The number of ether oxygens (including phenoxy) is 1. The summed E-state index contributed by atoms with van der Waals surface area (Å²) < 4.78 is 7.30. The molecular weight excluding hydrogens is 366 g/mol. The van der Waals surface area contributed by atoms with Gasteiger partial charge in [0, 0.05) is 49.1 Å². The van der Waals surface area contributed by atoms with E-state index in [1.54, 1.807) is 13.4 Å². The maximum atomic E-state index is 5.32. The quantitative estimate of drug-likeness (QED) is 0.660. The number of aryl methyl sites for hydroxylation is 2. The summed E-state index contributed by atoms with van der Waals surface area (Å²) in [5.41, 5.74) is 2.95. The predicted octanol–water partition coefficient (Wildman–Crippen LogP) is 2.78. The lowest BCUT2D eigenvalue weighted by atomic mass is 10.0. The molecule has 2 aliphatic rings. The first kappa shape index (κ1) is 18.1. The van der Waals surface area contributed by atoms with Crippen LogP contribution in [0.15, 0.2) is 24.5 Å². The molecule has 0 aromatic carbocycles. The Kier molecular flexibility index (Phi) is 4.49. The zero-order chi connectivity index (χ0) is 20.0. The molecule has 5 rings (SSSR count). The molecule has 1 aliphatic carbocycles. The van der Waals surface area contributed by atoms with Crippen LogP contribution in [-0.2, 0) is 0 Å². The van der Waals surface area contributed by atoms with E-state index in [0.717, 1.165) is 54.6 Å². The number of fused-ring (bicyclic) bond motifs is 1. The topological polar surface area (TPSA) is 71.7 Å². The fourth-order valence-corrected chi connectivity index (χ4v) is 4.40. The summed E-state index contributed by atoms with van der Waals surface area (Å²) in [5, 5.41) is 4.66. The number of aromatic nitrogens is 5. The van der Waals surface area contributed by atoms with Crippen LogP contribution < -0.4 is 14.5 Å². The number of anilines is 2. The molecule has 3 aromatic heterocycles. The summed E-state index contributed by atoms with van der Waals surface area (Å²) in [6, 6.07) is 7.23. The van der Waals surface area contributed by atoms with Gasteiger partial charge in [0.05, 0.1) is 12.8 Å². The van der Waals surface area contributed by atoms with Crippen LogP contribution in [0.4, 0.5) is 11.6 Å². The SMILES string of the molecule is COc1cc(N(C2CC2)C2CCN(c3cc(C)nc4cc(C)nn34)CC2)ncn1. The molecule has 3 aromatic rings. The molecule has 0 radical (unpaired) electrons. The van der Waals surface area contributed by atoms with Crippen molar-refractivity contribution in [2.24, 2.45) is 0 Å². The van der Waals surface area contributed by atoms with Crippen LogP contribution in [-0.4, -0.2) is 56.8 Å². The Morgan fingerprint density at radius 2 is 1.72 bits per heavy atom. The fourth-order valence-electron chi connectivity index (χ4n) is 4.40. The highest BCUT2D eigenvalue weighted by molar-refractivity contribution is 5.52. The molecule has 1 saturated heterocycles. The number of piperidine rings is 1. The van der Waals surface area contributed by atoms with Gasteiger partial charge in [-0.25, -0.2) is 15.0 Å². The molecule has 29 heavy (non-hydrogen) atoms. The van der Waals surface area contributed by atoms with Gasteiger partial charge in [0.1, 0.15) is 18.0 Å². The van der Waals surface area contributed by atoms with Gasteiger partial charge >= 0.3 is 0 Å². The van der Waals surface area contributed by atoms with E-state index >= 15 is 0 Å². The van der Waals surface area contributed by atoms with Crippen molar-refractivity contribution in [3.05, 3.63) is 35.9 Å². The van der Waals surface area contributed by atoms with Crippen LogP contribution in [0.1, 0.15) is 37.1 Å². The molecule has 0 bridgehead atoms. The maximum absolute atomic E-state index is 5.32. The van der Waals surface area contributed by atoms with Crippen LogP contribution in [0.25, 0.3) is 5.65 Å². The van der Waals surface area contributed by atoms with Crippen LogP contribution in [0.5, 0.6) is 5.88 Å². The normalized spacial score (nSPS) is 17.7. The zero-order valence-corrected chi connectivity index (χ0v) is 17.2. The van der Waals surface area contributed by atoms with Crippen molar-refractivity contribution < 1.29 is 4.74 Å². The van der Waals surface area contributed by atoms with Crippen molar-refractivity contribution in [2.75, 3.05) is 30.0 Å². The van der Waals surface area contributed by atoms with E-state index in [1.807, 2.05) is 23.6 Å². The number of nitrogens with zero attached hydrogens (tertiary/aromatic N) is 7. The molecule has 0 unspecified atom stereocenters.